The van der Waals surface area contributed by atoms with Crippen molar-refractivity contribution in [3.05, 3.63) is 42.7 Å². The number of fused-ring (bicyclic) bond motifs is 3. The van der Waals surface area contributed by atoms with Crippen LogP contribution in [0.5, 0.6) is 0 Å². The summed E-state index contributed by atoms with van der Waals surface area (Å²) in [7, 11) is 0. The van der Waals surface area contributed by atoms with Crippen LogP contribution in [-0.2, 0) is 0 Å². The predicted molar refractivity (Wildman–Crippen MR) is 50.5 cm³/mol. The van der Waals surface area contributed by atoms with E-state index < -0.39 is 0 Å². The zero-order chi connectivity index (χ0) is 8.67. The summed E-state index contributed by atoms with van der Waals surface area (Å²) in [5, 5.41) is 0. The first-order valence-electron chi connectivity index (χ1n) is 4.13. The molecule has 0 atom stereocenters. The Morgan fingerprint density at radius 2 is 2.08 bits per heavy atom. The summed E-state index contributed by atoms with van der Waals surface area (Å²) in [6.45, 7) is 0. The molecule has 0 aliphatic rings. The van der Waals surface area contributed by atoms with Gasteiger partial charge in [-0.15, -0.1) is 0 Å². The van der Waals surface area contributed by atoms with Crippen LogP contribution >= 0.6 is 0 Å². The van der Waals surface area contributed by atoms with E-state index in [0.717, 1.165) is 16.8 Å². The van der Waals surface area contributed by atoms with Gasteiger partial charge in [-0.3, -0.25) is 4.40 Å². The first-order chi connectivity index (χ1) is 6.45. The van der Waals surface area contributed by atoms with E-state index in [1.165, 1.54) is 0 Å². The third-order valence-corrected chi connectivity index (χ3v) is 2.07. The molecule has 0 radical (unpaired) electrons. The molecule has 3 heteroatoms. The SMILES string of the molecule is c1cnc2c(c1)nc1ccccn12. The lowest BCUT2D eigenvalue weighted by molar-refractivity contribution is 1.18. The van der Waals surface area contributed by atoms with Crippen molar-refractivity contribution >= 4 is 16.8 Å². The molecule has 0 fully saturated rings. The van der Waals surface area contributed by atoms with E-state index in [1.807, 2.05) is 40.9 Å². The van der Waals surface area contributed by atoms with Gasteiger partial charge in [-0.1, -0.05) is 6.07 Å². The highest BCUT2D eigenvalue weighted by Crippen LogP contribution is 2.12. The molecule has 13 heavy (non-hydrogen) atoms. The first-order valence-corrected chi connectivity index (χ1v) is 4.13. The van der Waals surface area contributed by atoms with Crippen LogP contribution in [0.15, 0.2) is 42.7 Å². The Hall–Kier alpha value is -1.90. The van der Waals surface area contributed by atoms with E-state index >= 15 is 0 Å². The van der Waals surface area contributed by atoms with Crippen molar-refractivity contribution in [1.82, 2.24) is 14.4 Å². The Bertz CT molecular complexity index is 518. The second-order valence-corrected chi connectivity index (χ2v) is 2.89. The first kappa shape index (κ1) is 6.60. The van der Waals surface area contributed by atoms with Gasteiger partial charge >= 0.3 is 0 Å². The minimum absolute atomic E-state index is 0.915. The molecule has 3 rings (SSSR count). The van der Waals surface area contributed by atoms with Gasteiger partial charge in [-0.05, 0) is 24.3 Å². The van der Waals surface area contributed by atoms with Gasteiger partial charge in [0, 0.05) is 12.4 Å². The largest absolute Gasteiger partial charge is 0.284 e. The number of imidazole rings is 1. The highest BCUT2D eigenvalue weighted by Gasteiger charge is 2.01. The fourth-order valence-electron chi connectivity index (χ4n) is 1.49. The molecule has 0 bridgehead atoms. The highest BCUT2D eigenvalue weighted by atomic mass is 15.1. The predicted octanol–water partition coefficient (Wildman–Crippen LogP) is 1.88. The van der Waals surface area contributed by atoms with Gasteiger partial charge in [-0.25, -0.2) is 9.97 Å². The smallest absolute Gasteiger partial charge is 0.164 e. The van der Waals surface area contributed by atoms with Gasteiger partial charge < -0.3 is 0 Å². The molecule has 0 spiro atoms. The Balaban J connectivity index is 2.64. The van der Waals surface area contributed by atoms with Crippen LogP contribution in [0, 0.1) is 0 Å². The van der Waals surface area contributed by atoms with Gasteiger partial charge in [0.1, 0.15) is 11.2 Å². The van der Waals surface area contributed by atoms with E-state index in [0.29, 0.717) is 0 Å². The summed E-state index contributed by atoms with van der Waals surface area (Å²) in [5.41, 5.74) is 2.79. The summed E-state index contributed by atoms with van der Waals surface area (Å²) < 4.78 is 1.98. The molecular weight excluding hydrogens is 162 g/mol. The third-order valence-electron chi connectivity index (χ3n) is 2.07. The number of nitrogens with zero attached hydrogens (tertiary/aromatic N) is 3. The fourth-order valence-corrected chi connectivity index (χ4v) is 1.49. The summed E-state index contributed by atoms with van der Waals surface area (Å²) in [5.74, 6) is 0. The van der Waals surface area contributed by atoms with Crippen LogP contribution in [0.3, 0.4) is 0 Å². The molecule has 0 amide bonds. The molecule has 0 saturated carbocycles. The van der Waals surface area contributed by atoms with E-state index in [1.54, 1.807) is 6.20 Å². The second kappa shape index (κ2) is 2.29. The van der Waals surface area contributed by atoms with Crippen molar-refractivity contribution in [3.8, 4) is 0 Å². The standard InChI is InChI=1S/C10H7N3/c1-2-7-13-9(5-1)12-8-4-3-6-11-10(8)13/h1-7H. The Morgan fingerprint density at radius 3 is 3.08 bits per heavy atom. The molecule has 3 heterocycles. The van der Waals surface area contributed by atoms with Gasteiger partial charge in [0.15, 0.2) is 5.65 Å². The number of hydrogen-bond donors (Lipinski definition) is 0. The van der Waals surface area contributed by atoms with E-state index in [9.17, 15) is 0 Å². The van der Waals surface area contributed by atoms with Crippen LogP contribution in [0.25, 0.3) is 16.8 Å². The molecule has 0 aliphatic heterocycles. The van der Waals surface area contributed by atoms with Crippen LogP contribution in [0.4, 0.5) is 0 Å². The summed E-state index contributed by atoms with van der Waals surface area (Å²) >= 11 is 0. The third kappa shape index (κ3) is 0.839. The molecule has 62 valence electrons. The van der Waals surface area contributed by atoms with Gasteiger partial charge in [0.2, 0.25) is 0 Å². The lowest BCUT2D eigenvalue weighted by atomic mass is 10.4. The van der Waals surface area contributed by atoms with Crippen molar-refractivity contribution in [2.45, 2.75) is 0 Å². The Kier molecular flexibility index (Phi) is 1.16. The molecular formula is C10H7N3. The van der Waals surface area contributed by atoms with Crippen LogP contribution in [0.1, 0.15) is 0 Å². The van der Waals surface area contributed by atoms with E-state index in [2.05, 4.69) is 9.97 Å². The van der Waals surface area contributed by atoms with Crippen molar-refractivity contribution in [3.63, 3.8) is 0 Å². The molecule has 3 aromatic rings. The zero-order valence-electron chi connectivity index (χ0n) is 6.88. The second-order valence-electron chi connectivity index (χ2n) is 2.89. The minimum atomic E-state index is 0.915. The Morgan fingerprint density at radius 1 is 1.08 bits per heavy atom. The molecule has 0 N–H and O–H groups in total. The van der Waals surface area contributed by atoms with Gasteiger partial charge in [-0.2, -0.15) is 0 Å². The number of rotatable bonds is 0. The lowest BCUT2D eigenvalue weighted by Crippen LogP contribution is -1.83. The van der Waals surface area contributed by atoms with Crippen LogP contribution < -0.4 is 0 Å². The average Bonchev–Trinajstić information content (AvgIpc) is 2.56. The zero-order valence-corrected chi connectivity index (χ0v) is 6.88. The molecule has 0 aliphatic carbocycles. The van der Waals surface area contributed by atoms with E-state index in [4.69, 9.17) is 0 Å². The number of aromatic nitrogens is 3. The molecule has 3 aromatic heterocycles. The number of hydrogen-bond acceptors (Lipinski definition) is 2. The maximum atomic E-state index is 4.42. The highest BCUT2D eigenvalue weighted by molar-refractivity contribution is 5.76. The minimum Gasteiger partial charge on any atom is -0.284 e. The molecule has 0 aromatic carbocycles. The quantitative estimate of drug-likeness (QED) is 0.514. The van der Waals surface area contributed by atoms with Gasteiger partial charge in [0.25, 0.3) is 0 Å². The topological polar surface area (TPSA) is 30.2 Å². The van der Waals surface area contributed by atoms with Crippen molar-refractivity contribution in [1.29, 1.82) is 0 Å². The number of pyridine rings is 2. The lowest BCUT2D eigenvalue weighted by Gasteiger charge is -1.90. The normalized spacial score (nSPS) is 11.1. The summed E-state index contributed by atoms with van der Waals surface area (Å²) in [6.07, 6.45) is 3.75. The summed E-state index contributed by atoms with van der Waals surface area (Å²) in [6, 6.07) is 9.79. The Labute approximate surface area is 74.7 Å². The van der Waals surface area contributed by atoms with E-state index in [-0.39, 0.29) is 0 Å². The van der Waals surface area contributed by atoms with Crippen molar-refractivity contribution in [2.24, 2.45) is 0 Å². The maximum absolute atomic E-state index is 4.42. The summed E-state index contributed by atoms with van der Waals surface area (Å²) in [4.78, 5) is 8.69. The fraction of sp³-hybridized carbons (Fsp3) is 0. The van der Waals surface area contributed by atoms with Crippen LogP contribution in [0.2, 0.25) is 0 Å². The monoisotopic (exact) mass is 169 g/mol. The van der Waals surface area contributed by atoms with Crippen LogP contribution in [-0.4, -0.2) is 14.4 Å². The average molecular weight is 169 g/mol. The molecule has 0 saturated heterocycles. The maximum Gasteiger partial charge on any atom is 0.164 e. The molecule has 3 nitrogen and oxygen atoms in total. The molecule has 0 unspecified atom stereocenters. The van der Waals surface area contributed by atoms with Crippen molar-refractivity contribution < 1.29 is 0 Å². The van der Waals surface area contributed by atoms with Crippen molar-refractivity contribution in [2.75, 3.05) is 0 Å². The van der Waals surface area contributed by atoms with Gasteiger partial charge in [0.05, 0.1) is 0 Å².